The number of nitrogens with zero attached hydrogens (tertiary/aromatic N) is 1. The van der Waals surface area contributed by atoms with Crippen molar-refractivity contribution in [1.29, 1.82) is 0 Å². The third-order valence-corrected chi connectivity index (χ3v) is 5.14. The van der Waals surface area contributed by atoms with E-state index >= 15 is 0 Å². The van der Waals surface area contributed by atoms with Gasteiger partial charge < -0.3 is 4.90 Å². The maximum Gasteiger partial charge on any atom is 0.253 e. The van der Waals surface area contributed by atoms with Crippen LogP contribution in [0.3, 0.4) is 0 Å². The summed E-state index contributed by atoms with van der Waals surface area (Å²) in [6.07, 6.45) is 0. The fourth-order valence-corrected chi connectivity index (χ4v) is 3.98. The molecule has 0 heterocycles. The minimum atomic E-state index is 0.0443. The lowest BCUT2D eigenvalue weighted by Gasteiger charge is -2.17. The molecule has 0 spiro atoms. The SMILES string of the molecule is CN(C)C(=O)c1ccc2ccc3cc4ccccc4c4ccc1c2c34. The topological polar surface area (TPSA) is 20.3 Å². The van der Waals surface area contributed by atoms with E-state index in [1.807, 2.05) is 6.07 Å². The number of carbonyl (C=O) groups excluding carboxylic acids is 1. The van der Waals surface area contributed by atoms with E-state index in [9.17, 15) is 4.79 Å². The fourth-order valence-electron chi connectivity index (χ4n) is 3.98. The molecule has 5 aromatic rings. The molecule has 0 atom stereocenters. The number of benzene rings is 5. The number of amides is 1. The van der Waals surface area contributed by atoms with E-state index < -0.39 is 0 Å². The predicted molar refractivity (Wildman–Crippen MR) is 106 cm³/mol. The fraction of sp³-hybridized carbons (Fsp3) is 0.0870. The van der Waals surface area contributed by atoms with Crippen molar-refractivity contribution >= 4 is 49.0 Å². The third kappa shape index (κ3) is 1.88. The Kier molecular flexibility index (Phi) is 2.81. The van der Waals surface area contributed by atoms with Gasteiger partial charge in [0.05, 0.1) is 0 Å². The Morgan fingerprint density at radius 3 is 2.20 bits per heavy atom. The highest BCUT2D eigenvalue weighted by Crippen LogP contribution is 2.39. The highest BCUT2D eigenvalue weighted by atomic mass is 16.2. The summed E-state index contributed by atoms with van der Waals surface area (Å²) in [4.78, 5) is 14.3. The molecule has 120 valence electrons. The monoisotopic (exact) mass is 323 g/mol. The molecule has 0 aliphatic carbocycles. The first kappa shape index (κ1) is 14.2. The third-order valence-electron chi connectivity index (χ3n) is 5.14. The molecule has 5 aromatic carbocycles. The van der Waals surface area contributed by atoms with Crippen molar-refractivity contribution in [3.63, 3.8) is 0 Å². The van der Waals surface area contributed by atoms with Crippen LogP contribution in [0.4, 0.5) is 0 Å². The lowest BCUT2D eigenvalue weighted by molar-refractivity contribution is 0.0829. The minimum absolute atomic E-state index is 0.0443. The van der Waals surface area contributed by atoms with E-state index in [0.717, 1.165) is 10.9 Å². The van der Waals surface area contributed by atoms with Crippen molar-refractivity contribution in [2.75, 3.05) is 14.1 Å². The van der Waals surface area contributed by atoms with Crippen LogP contribution in [0.1, 0.15) is 10.4 Å². The van der Waals surface area contributed by atoms with Gasteiger partial charge in [0.1, 0.15) is 0 Å². The number of rotatable bonds is 1. The standard InChI is InChI=1S/C23H17NO/c1-24(2)23(25)20-10-9-14-7-8-16-13-15-5-3-4-6-17(15)18-11-12-19(20)21(14)22(16)18/h3-13H,1-2H3. The highest BCUT2D eigenvalue weighted by Gasteiger charge is 2.17. The van der Waals surface area contributed by atoms with E-state index in [2.05, 4.69) is 60.7 Å². The molecule has 0 fully saturated rings. The van der Waals surface area contributed by atoms with Crippen molar-refractivity contribution in [2.45, 2.75) is 0 Å². The van der Waals surface area contributed by atoms with Crippen LogP contribution in [-0.2, 0) is 0 Å². The van der Waals surface area contributed by atoms with Crippen LogP contribution in [0.15, 0.2) is 66.7 Å². The second-order valence-electron chi connectivity index (χ2n) is 6.83. The van der Waals surface area contributed by atoms with Crippen LogP contribution in [0.25, 0.3) is 43.1 Å². The summed E-state index contributed by atoms with van der Waals surface area (Å²) in [5, 5.41) is 9.63. The summed E-state index contributed by atoms with van der Waals surface area (Å²) < 4.78 is 0. The summed E-state index contributed by atoms with van der Waals surface area (Å²) >= 11 is 0. The normalized spacial score (nSPS) is 11.8. The predicted octanol–water partition coefficient (Wildman–Crippen LogP) is 5.44. The first-order valence-electron chi connectivity index (χ1n) is 8.46. The first-order valence-corrected chi connectivity index (χ1v) is 8.46. The van der Waals surface area contributed by atoms with Crippen LogP contribution >= 0.6 is 0 Å². The zero-order valence-corrected chi connectivity index (χ0v) is 14.2. The summed E-state index contributed by atoms with van der Waals surface area (Å²) in [6, 6.07) is 23.4. The molecule has 0 aliphatic heterocycles. The average molecular weight is 323 g/mol. The van der Waals surface area contributed by atoms with Crippen molar-refractivity contribution in [3.8, 4) is 0 Å². The largest absolute Gasteiger partial charge is 0.345 e. The molecule has 25 heavy (non-hydrogen) atoms. The second-order valence-corrected chi connectivity index (χ2v) is 6.83. The zero-order chi connectivity index (χ0) is 17.1. The van der Waals surface area contributed by atoms with Gasteiger partial charge in [0.25, 0.3) is 5.91 Å². The molecular formula is C23H17NO. The number of fused-ring (bicyclic) bond motifs is 2. The van der Waals surface area contributed by atoms with Crippen LogP contribution in [0.5, 0.6) is 0 Å². The Bertz CT molecular complexity index is 1280. The van der Waals surface area contributed by atoms with E-state index in [-0.39, 0.29) is 5.91 Å². The van der Waals surface area contributed by atoms with Gasteiger partial charge in [-0.1, -0.05) is 54.6 Å². The Labute approximate surface area is 145 Å². The lowest BCUT2D eigenvalue weighted by Crippen LogP contribution is -2.21. The van der Waals surface area contributed by atoms with Gasteiger partial charge in [0.15, 0.2) is 0 Å². The van der Waals surface area contributed by atoms with Gasteiger partial charge in [-0.05, 0) is 55.2 Å². The smallest absolute Gasteiger partial charge is 0.253 e. The number of carbonyl (C=O) groups is 1. The number of hydrogen-bond donors (Lipinski definition) is 0. The zero-order valence-electron chi connectivity index (χ0n) is 14.2. The van der Waals surface area contributed by atoms with Crippen LogP contribution < -0.4 is 0 Å². The van der Waals surface area contributed by atoms with E-state index in [1.165, 1.54) is 37.7 Å². The molecule has 0 saturated carbocycles. The maximum absolute atomic E-state index is 12.6. The van der Waals surface area contributed by atoms with E-state index in [1.54, 1.807) is 19.0 Å². The molecule has 0 radical (unpaired) electrons. The van der Waals surface area contributed by atoms with Gasteiger partial charge in [-0.25, -0.2) is 0 Å². The molecule has 0 bridgehead atoms. The molecule has 0 unspecified atom stereocenters. The van der Waals surface area contributed by atoms with E-state index in [0.29, 0.717) is 0 Å². The van der Waals surface area contributed by atoms with Gasteiger partial charge in [-0.2, -0.15) is 0 Å². The summed E-state index contributed by atoms with van der Waals surface area (Å²) in [7, 11) is 3.60. The average Bonchev–Trinajstić information content (AvgIpc) is 2.64. The molecule has 0 saturated heterocycles. The summed E-state index contributed by atoms with van der Waals surface area (Å²) in [5.74, 6) is 0.0443. The Morgan fingerprint density at radius 2 is 1.36 bits per heavy atom. The van der Waals surface area contributed by atoms with Crippen molar-refractivity contribution < 1.29 is 4.79 Å². The van der Waals surface area contributed by atoms with Crippen molar-refractivity contribution in [2.24, 2.45) is 0 Å². The second kappa shape index (κ2) is 4.93. The molecule has 0 aromatic heterocycles. The molecule has 2 heteroatoms. The first-order chi connectivity index (χ1) is 12.1. The molecule has 2 nitrogen and oxygen atoms in total. The number of hydrogen-bond acceptors (Lipinski definition) is 1. The summed E-state index contributed by atoms with van der Waals surface area (Å²) in [6.45, 7) is 0. The van der Waals surface area contributed by atoms with E-state index in [4.69, 9.17) is 0 Å². The maximum atomic E-state index is 12.6. The quantitative estimate of drug-likeness (QED) is 0.297. The molecular weight excluding hydrogens is 306 g/mol. The Morgan fingerprint density at radius 1 is 0.680 bits per heavy atom. The van der Waals surface area contributed by atoms with Crippen LogP contribution in [0, 0.1) is 0 Å². The van der Waals surface area contributed by atoms with Gasteiger partial charge in [0, 0.05) is 19.7 Å². The molecule has 0 N–H and O–H groups in total. The van der Waals surface area contributed by atoms with Gasteiger partial charge in [-0.15, -0.1) is 0 Å². The Hall–Kier alpha value is -3.13. The van der Waals surface area contributed by atoms with Gasteiger partial charge in [-0.3, -0.25) is 4.79 Å². The molecule has 0 aliphatic rings. The van der Waals surface area contributed by atoms with Crippen molar-refractivity contribution in [3.05, 3.63) is 72.3 Å². The molecule has 1 amide bonds. The van der Waals surface area contributed by atoms with Gasteiger partial charge >= 0.3 is 0 Å². The van der Waals surface area contributed by atoms with Gasteiger partial charge in [0.2, 0.25) is 0 Å². The summed E-state index contributed by atoms with van der Waals surface area (Å²) in [5.41, 5.74) is 0.764. The van der Waals surface area contributed by atoms with Crippen LogP contribution in [0.2, 0.25) is 0 Å². The molecule has 5 rings (SSSR count). The van der Waals surface area contributed by atoms with Crippen LogP contribution in [-0.4, -0.2) is 24.9 Å². The minimum Gasteiger partial charge on any atom is -0.345 e. The van der Waals surface area contributed by atoms with Crippen molar-refractivity contribution in [1.82, 2.24) is 4.90 Å². The Balaban J connectivity index is 2.03. The lowest BCUT2D eigenvalue weighted by atomic mass is 9.89. The highest BCUT2D eigenvalue weighted by molar-refractivity contribution is 6.30.